The molecule has 2 amide bonds. The fourth-order valence-electron chi connectivity index (χ4n) is 4.76. The lowest BCUT2D eigenvalue weighted by atomic mass is 10.0. The largest absolute Gasteiger partial charge is 0.386 e. The number of carbonyl (C=O) groups is 4. The zero-order chi connectivity index (χ0) is 35.5. The highest BCUT2D eigenvalue weighted by Gasteiger charge is 2.30. The first-order chi connectivity index (χ1) is 24.0. The predicted octanol–water partition coefficient (Wildman–Crippen LogP) is 10.9. The molecule has 6 rings (SSSR count). The Morgan fingerprint density at radius 3 is 1.46 bits per heavy atom. The summed E-state index contributed by atoms with van der Waals surface area (Å²) in [7, 11) is 0. The molecule has 0 spiro atoms. The van der Waals surface area contributed by atoms with E-state index in [4.69, 9.17) is 39.5 Å². The lowest BCUT2D eigenvalue weighted by Crippen LogP contribution is -2.19. The number of ether oxygens (including phenoxy) is 1. The number of rotatable bonds is 8. The van der Waals surface area contributed by atoms with Gasteiger partial charge in [-0.05, 0) is 83.9 Å². The first-order valence-corrected chi connectivity index (χ1v) is 17.2. The van der Waals surface area contributed by atoms with Crippen molar-refractivity contribution in [1.29, 1.82) is 0 Å². The van der Waals surface area contributed by atoms with E-state index in [0.29, 0.717) is 21.7 Å². The maximum Gasteiger partial charge on any atom is 0.349 e. The molecule has 0 aliphatic rings. The number of carbonyl (C=O) groups excluding carboxylic acids is 4. The highest BCUT2D eigenvalue weighted by molar-refractivity contribution is 7.15. The number of hydrogen-bond acceptors (Lipinski definition) is 7. The summed E-state index contributed by atoms with van der Waals surface area (Å²) < 4.78 is 32.5. The molecule has 2 N–H and O–H groups in total. The van der Waals surface area contributed by atoms with Gasteiger partial charge < -0.3 is 15.4 Å². The molecule has 0 atom stereocenters. The van der Waals surface area contributed by atoms with E-state index in [0.717, 1.165) is 46.9 Å². The minimum atomic E-state index is -1.13. The Bertz CT molecular complexity index is 2270. The third kappa shape index (κ3) is 7.62. The van der Waals surface area contributed by atoms with Crippen molar-refractivity contribution < 1.29 is 32.7 Å². The SMILES string of the molecule is O=C(Nc1scc(-c2ccc(Cl)cc2)c1C(=O)OC(=O)c1c(-c2ccc(Cl)c(Cl)c2)csc1NC(=O)c1ccc(F)cc1)c1ccc(F)cc1. The monoisotopic (exact) mass is 766 g/mol. The number of esters is 2. The van der Waals surface area contributed by atoms with Gasteiger partial charge in [0.05, 0.1) is 10.0 Å². The molecule has 14 heteroatoms. The standard InChI is InChI=1S/C36H19Cl3F2N2O5S2/c37-22-8-1-18(2-9-22)25-16-49-33(42-31(44)19-3-10-23(40)11-4-19)29(25)35(46)48-36(47)30-26(21-7-14-27(38)28(39)15-21)17-50-34(30)43-32(45)20-5-12-24(41)13-6-20/h1-17H,(H,42,44)(H,43,45). The Morgan fingerprint density at radius 1 is 0.560 bits per heavy atom. The molecule has 0 fully saturated rings. The maximum atomic E-state index is 14.0. The molecule has 4 aromatic carbocycles. The van der Waals surface area contributed by atoms with Crippen LogP contribution in [0.5, 0.6) is 0 Å². The molecule has 7 nitrogen and oxygen atoms in total. The topological polar surface area (TPSA) is 102 Å². The highest BCUT2D eigenvalue weighted by Crippen LogP contribution is 2.40. The first-order valence-electron chi connectivity index (χ1n) is 14.3. The van der Waals surface area contributed by atoms with E-state index < -0.39 is 35.4 Å². The van der Waals surface area contributed by atoms with Crippen molar-refractivity contribution in [2.45, 2.75) is 0 Å². The Hall–Kier alpha value is -4.91. The van der Waals surface area contributed by atoms with E-state index in [1.54, 1.807) is 41.1 Å². The van der Waals surface area contributed by atoms with Gasteiger partial charge >= 0.3 is 11.9 Å². The average molecular weight is 768 g/mol. The van der Waals surface area contributed by atoms with Crippen molar-refractivity contribution >= 4 is 91.2 Å². The van der Waals surface area contributed by atoms with Crippen LogP contribution < -0.4 is 10.6 Å². The summed E-state index contributed by atoms with van der Waals surface area (Å²) in [6.07, 6.45) is 0. The van der Waals surface area contributed by atoms with Crippen LogP contribution in [0.2, 0.25) is 15.1 Å². The molecule has 0 aliphatic heterocycles. The first kappa shape index (κ1) is 34.9. The van der Waals surface area contributed by atoms with Gasteiger partial charge in [-0.2, -0.15) is 0 Å². The fraction of sp³-hybridized carbons (Fsp3) is 0. The van der Waals surface area contributed by atoms with Crippen molar-refractivity contribution in [3.63, 3.8) is 0 Å². The van der Waals surface area contributed by atoms with E-state index in [2.05, 4.69) is 10.6 Å². The molecule has 6 aromatic rings. The third-order valence-corrected chi connectivity index (χ3v) is 10.0. The van der Waals surface area contributed by atoms with Gasteiger partial charge in [-0.3, -0.25) is 9.59 Å². The second kappa shape index (κ2) is 14.9. The molecule has 2 heterocycles. The van der Waals surface area contributed by atoms with Crippen LogP contribution in [0.25, 0.3) is 22.3 Å². The minimum absolute atomic E-state index is 0.0336. The van der Waals surface area contributed by atoms with Crippen LogP contribution in [0.4, 0.5) is 18.8 Å². The van der Waals surface area contributed by atoms with E-state index in [1.807, 2.05) is 0 Å². The van der Waals surface area contributed by atoms with Crippen molar-refractivity contribution in [1.82, 2.24) is 0 Å². The Kier molecular flexibility index (Phi) is 10.4. The second-order valence-electron chi connectivity index (χ2n) is 10.4. The summed E-state index contributed by atoms with van der Waals surface area (Å²) >= 11 is 20.5. The summed E-state index contributed by atoms with van der Waals surface area (Å²) in [4.78, 5) is 54.2. The molecular weight excluding hydrogens is 749 g/mol. The fourth-order valence-corrected chi connectivity index (χ4v) is 7.09. The van der Waals surface area contributed by atoms with Gasteiger partial charge in [0, 0.05) is 38.0 Å². The zero-order valence-electron chi connectivity index (χ0n) is 25.1. The summed E-state index contributed by atoms with van der Waals surface area (Å²) in [5.41, 5.74) is 1.50. The normalized spacial score (nSPS) is 10.8. The number of anilines is 2. The van der Waals surface area contributed by atoms with Gasteiger partial charge in [-0.15, -0.1) is 22.7 Å². The van der Waals surface area contributed by atoms with Crippen LogP contribution >= 0.6 is 57.5 Å². The van der Waals surface area contributed by atoms with Gasteiger partial charge in [-0.25, -0.2) is 18.4 Å². The number of amides is 2. The maximum absolute atomic E-state index is 14.0. The summed E-state index contributed by atoms with van der Waals surface area (Å²) in [6, 6.07) is 20.7. The van der Waals surface area contributed by atoms with E-state index in [-0.39, 0.29) is 47.9 Å². The molecule has 0 aliphatic carbocycles. The molecule has 0 bridgehead atoms. The lowest BCUT2D eigenvalue weighted by Gasteiger charge is -2.12. The van der Waals surface area contributed by atoms with Crippen molar-refractivity contribution in [2.75, 3.05) is 10.6 Å². The van der Waals surface area contributed by atoms with E-state index in [1.165, 1.54) is 36.4 Å². The van der Waals surface area contributed by atoms with Crippen molar-refractivity contribution in [2.24, 2.45) is 0 Å². The Morgan fingerprint density at radius 2 is 1.00 bits per heavy atom. The average Bonchev–Trinajstić information content (AvgIpc) is 3.71. The lowest BCUT2D eigenvalue weighted by molar-refractivity contribution is 0.0401. The smallest absolute Gasteiger partial charge is 0.349 e. The number of halogens is 5. The molecule has 2 aromatic heterocycles. The van der Waals surface area contributed by atoms with Crippen LogP contribution in [0.3, 0.4) is 0 Å². The molecular formula is C36H19Cl3F2N2O5S2. The summed E-state index contributed by atoms with van der Waals surface area (Å²) in [5.74, 6) is -4.61. The van der Waals surface area contributed by atoms with E-state index in [9.17, 15) is 28.0 Å². The number of nitrogens with one attached hydrogen (secondary N) is 2. The second-order valence-corrected chi connectivity index (χ2v) is 13.5. The van der Waals surface area contributed by atoms with Gasteiger partial charge in [0.2, 0.25) is 0 Å². The zero-order valence-corrected chi connectivity index (χ0v) is 29.0. The molecule has 0 unspecified atom stereocenters. The van der Waals surface area contributed by atoms with Crippen molar-refractivity contribution in [3.05, 3.63) is 151 Å². The van der Waals surface area contributed by atoms with Crippen molar-refractivity contribution in [3.8, 4) is 22.3 Å². The number of thiophene rings is 2. The van der Waals surface area contributed by atoms with Crippen LogP contribution in [-0.4, -0.2) is 23.8 Å². The molecule has 50 heavy (non-hydrogen) atoms. The van der Waals surface area contributed by atoms with Crippen LogP contribution in [0.1, 0.15) is 41.4 Å². The summed E-state index contributed by atoms with van der Waals surface area (Å²) in [5, 5.41) is 9.45. The van der Waals surface area contributed by atoms with Gasteiger partial charge in [0.1, 0.15) is 32.8 Å². The molecule has 0 saturated heterocycles. The highest BCUT2D eigenvalue weighted by atomic mass is 35.5. The quantitative estimate of drug-likeness (QED) is 0.119. The number of hydrogen-bond donors (Lipinski definition) is 2. The molecule has 250 valence electrons. The Labute approximate surface area is 306 Å². The van der Waals surface area contributed by atoms with Crippen LogP contribution in [0, 0.1) is 11.6 Å². The number of benzene rings is 4. The summed E-state index contributed by atoms with van der Waals surface area (Å²) in [6.45, 7) is 0. The van der Waals surface area contributed by atoms with Crippen LogP contribution in [0.15, 0.2) is 102 Å². The van der Waals surface area contributed by atoms with E-state index >= 15 is 0 Å². The van der Waals surface area contributed by atoms with Gasteiger partial charge in [-0.1, -0.05) is 53.0 Å². The minimum Gasteiger partial charge on any atom is -0.386 e. The predicted molar refractivity (Wildman–Crippen MR) is 193 cm³/mol. The third-order valence-electron chi connectivity index (χ3n) is 7.23. The Balaban J connectivity index is 1.38. The van der Waals surface area contributed by atoms with Gasteiger partial charge in [0.25, 0.3) is 11.8 Å². The molecule has 0 saturated carbocycles. The van der Waals surface area contributed by atoms with Crippen LogP contribution in [-0.2, 0) is 4.74 Å². The van der Waals surface area contributed by atoms with Gasteiger partial charge in [0.15, 0.2) is 0 Å². The molecule has 0 radical (unpaired) electrons.